The van der Waals surface area contributed by atoms with Crippen LogP contribution in [0, 0.1) is 0 Å². The topological polar surface area (TPSA) is 111 Å². The Morgan fingerprint density at radius 3 is 1.20 bits per heavy atom. The molecule has 406 valence electrons. The van der Waals surface area contributed by atoms with Crippen molar-refractivity contribution in [1.82, 2.24) is 0 Å². The highest BCUT2D eigenvalue weighted by Crippen LogP contribution is 2.15. The number of quaternary nitrogens is 1. The van der Waals surface area contributed by atoms with Crippen molar-refractivity contribution in [3.05, 3.63) is 97.2 Å². The molecule has 2 unspecified atom stereocenters. The maximum atomic E-state index is 12.8. The van der Waals surface area contributed by atoms with Crippen molar-refractivity contribution in [3.63, 3.8) is 0 Å². The molecular formula is C62H105NO8. The first-order valence-corrected chi connectivity index (χ1v) is 28.4. The first kappa shape index (κ1) is 67.2. The average Bonchev–Trinajstić information content (AvgIpc) is 3.34. The second kappa shape index (κ2) is 52.5. The lowest BCUT2D eigenvalue weighted by Crippen LogP contribution is -2.44. The SMILES string of the molecule is CC/C=C\C/C=C\C/C=C\C/C=C\C/C=C\C/C=C\C/C=C\C/C=C\CCCCCCC(=O)OC(COC(=O)CCCCCCCCCCCCCCCCCCC)COC(OCC[N+](C)(C)C)C(=O)[O-]. The molecule has 0 aliphatic heterocycles. The van der Waals surface area contributed by atoms with Crippen molar-refractivity contribution < 1.29 is 42.9 Å². The highest BCUT2D eigenvalue weighted by molar-refractivity contribution is 5.70. The number of carbonyl (C=O) groups excluding carboxylic acids is 3. The summed E-state index contributed by atoms with van der Waals surface area (Å²) in [4.78, 5) is 37.2. The van der Waals surface area contributed by atoms with Crippen LogP contribution in [0.25, 0.3) is 0 Å². The van der Waals surface area contributed by atoms with Crippen LogP contribution in [-0.4, -0.2) is 82.3 Å². The van der Waals surface area contributed by atoms with E-state index in [9.17, 15) is 19.5 Å². The van der Waals surface area contributed by atoms with Crippen LogP contribution in [0.4, 0.5) is 0 Å². The summed E-state index contributed by atoms with van der Waals surface area (Å²) in [5, 5.41) is 11.8. The van der Waals surface area contributed by atoms with Gasteiger partial charge < -0.3 is 33.3 Å². The third-order valence-electron chi connectivity index (χ3n) is 11.8. The number of aliphatic carboxylic acids is 1. The Morgan fingerprint density at radius 2 is 0.803 bits per heavy atom. The molecule has 0 radical (unpaired) electrons. The molecule has 0 spiro atoms. The Balaban J connectivity index is 4.35. The number of carbonyl (C=O) groups is 3. The van der Waals surface area contributed by atoms with E-state index in [-0.39, 0.29) is 38.6 Å². The monoisotopic (exact) mass is 992 g/mol. The van der Waals surface area contributed by atoms with Gasteiger partial charge in [-0.3, -0.25) is 9.59 Å². The molecule has 9 nitrogen and oxygen atoms in total. The molecule has 0 aromatic rings. The quantitative estimate of drug-likeness (QED) is 0.0195. The number of hydrogen-bond donors (Lipinski definition) is 0. The highest BCUT2D eigenvalue weighted by Gasteiger charge is 2.22. The van der Waals surface area contributed by atoms with Crippen LogP contribution in [0.2, 0.25) is 0 Å². The summed E-state index contributed by atoms with van der Waals surface area (Å²) in [6, 6.07) is 0. The van der Waals surface area contributed by atoms with Crippen molar-refractivity contribution in [2.45, 2.75) is 232 Å². The molecule has 0 amide bonds. The van der Waals surface area contributed by atoms with Crippen LogP contribution >= 0.6 is 0 Å². The lowest BCUT2D eigenvalue weighted by atomic mass is 10.0. The Hall–Kier alpha value is -3.79. The molecule has 0 bridgehead atoms. The largest absolute Gasteiger partial charge is 0.545 e. The van der Waals surface area contributed by atoms with Gasteiger partial charge in [0.05, 0.1) is 40.3 Å². The van der Waals surface area contributed by atoms with Gasteiger partial charge in [0.25, 0.3) is 0 Å². The lowest BCUT2D eigenvalue weighted by Gasteiger charge is -2.26. The first-order valence-electron chi connectivity index (χ1n) is 28.4. The summed E-state index contributed by atoms with van der Waals surface area (Å²) in [7, 11) is 5.90. The fourth-order valence-electron chi connectivity index (χ4n) is 7.49. The van der Waals surface area contributed by atoms with Crippen LogP contribution < -0.4 is 5.11 Å². The van der Waals surface area contributed by atoms with E-state index in [1.807, 2.05) is 21.1 Å². The lowest BCUT2D eigenvalue weighted by molar-refractivity contribution is -0.870. The van der Waals surface area contributed by atoms with Crippen molar-refractivity contribution in [2.24, 2.45) is 0 Å². The number of esters is 2. The van der Waals surface area contributed by atoms with Crippen LogP contribution in [-0.2, 0) is 33.3 Å². The molecule has 0 N–H and O–H groups in total. The fraction of sp³-hybridized carbons (Fsp3) is 0.694. The van der Waals surface area contributed by atoms with Gasteiger partial charge in [0.2, 0.25) is 0 Å². The van der Waals surface area contributed by atoms with E-state index < -0.39 is 24.3 Å². The number of carboxylic acid groups (broad SMARTS) is 1. The van der Waals surface area contributed by atoms with Crippen LogP contribution in [0.3, 0.4) is 0 Å². The van der Waals surface area contributed by atoms with Gasteiger partial charge in [0, 0.05) is 12.8 Å². The molecule has 0 aromatic heterocycles. The van der Waals surface area contributed by atoms with E-state index in [2.05, 4.69) is 111 Å². The minimum Gasteiger partial charge on any atom is -0.545 e. The van der Waals surface area contributed by atoms with Crippen molar-refractivity contribution >= 4 is 17.9 Å². The summed E-state index contributed by atoms with van der Waals surface area (Å²) < 4.78 is 22.6. The zero-order chi connectivity index (χ0) is 52.0. The Morgan fingerprint density at radius 1 is 0.437 bits per heavy atom. The van der Waals surface area contributed by atoms with Crippen molar-refractivity contribution in [3.8, 4) is 0 Å². The Kier molecular flexibility index (Phi) is 49.7. The standard InChI is InChI=1S/C62H105NO8/c1-6-8-10-12-14-16-18-20-22-24-25-26-27-28-29-30-31-32-33-34-35-37-39-41-43-45-47-49-51-53-60(65)71-58(57-70-62(61(66)67)68-55-54-63(3,4)5)56-69-59(64)52-50-48-46-44-42-40-38-36-23-21-19-17-15-13-11-9-7-2/h8,10,14,16,20,22,25-26,28-29,31-32,34-35,39,41,58,62H,6-7,9,11-13,15,17-19,21,23-24,27,30,33,36-38,40,42-57H2,1-5H3/b10-8-,16-14-,22-20-,26-25-,29-28-,32-31-,35-34-,41-39-. The third kappa shape index (κ3) is 53.8. The summed E-state index contributed by atoms with van der Waals surface area (Å²) in [5.74, 6) is -2.32. The van der Waals surface area contributed by atoms with E-state index in [0.717, 1.165) is 96.3 Å². The van der Waals surface area contributed by atoms with Crippen molar-refractivity contribution in [1.29, 1.82) is 0 Å². The van der Waals surface area contributed by atoms with Gasteiger partial charge in [0.1, 0.15) is 13.2 Å². The van der Waals surface area contributed by atoms with Gasteiger partial charge in [-0.05, 0) is 77.0 Å². The van der Waals surface area contributed by atoms with Crippen molar-refractivity contribution in [2.75, 3.05) is 47.5 Å². The predicted molar refractivity (Wildman–Crippen MR) is 297 cm³/mol. The number of hydrogen-bond acceptors (Lipinski definition) is 8. The predicted octanol–water partition coefficient (Wildman–Crippen LogP) is 15.2. The van der Waals surface area contributed by atoms with Gasteiger partial charge in [-0.15, -0.1) is 0 Å². The maximum absolute atomic E-state index is 12.8. The minimum absolute atomic E-state index is 0.138. The molecule has 0 rings (SSSR count). The number of ether oxygens (including phenoxy) is 4. The molecule has 0 fully saturated rings. The molecule has 0 aromatic carbocycles. The maximum Gasteiger partial charge on any atom is 0.306 e. The Bertz CT molecular complexity index is 1480. The number of likely N-dealkylation sites (N-methyl/N-ethyl adjacent to an activating group) is 1. The Labute approximate surface area is 435 Å². The number of allylic oxidation sites excluding steroid dienone is 16. The normalized spacial score (nSPS) is 13.5. The summed E-state index contributed by atoms with van der Waals surface area (Å²) in [6.45, 7) is 4.60. The van der Waals surface area contributed by atoms with E-state index in [1.165, 1.54) is 89.9 Å². The third-order valence-corrected chi connectivity index (χ3v) is 11.8. The van der Waals surface area contributed by atoms with Crippen LogP contribution in [0.5, 0.6) is 0 Å². The van der Waals surface area contributed by atoms with E-state index in [4.69, 9.17) is 18.9 Å². The molecule has 0 aliphatic rings. The zero-order valence-electron chi connectivity index (χ0n) is 46.1. The smallest absolute Gasteiger partial charge is 0.306 e. The number of carboxylic acids is 1. The van der Waals surface area contributed by atoms with E-state index >= 15 is 0 Å². The molecule has 71 heavy (non-hydrogen) atoms. The van der Waals surface area contributed by atoms with E-state index in [1.54, 1.807) is 0 Å². The molecule has 2 atom stereocenters. The number of rotatable bonds is 51. The molecular weight excluding hydrogens is 887 g/mol. The second-order valence-corrected chi connectivity index (χ2v) is 19.9. The van der Waals surface area contributed by atoms with Gasteiger partial charge >= 0.3 is 11.9 Å². The van der Waals surface area contributed by atoms with E-state index in [0.29, 0.717) is 17.4 Å². The second-order valence-electron chi connectivity index (χ2n) is 19.9. The number of nitrogens with zero attached hydrogens (tertiary/aromatic N) is 1. The molecule has 9 heteroatoms. The summed E-state index contributed by atoms with van der Waals surface area (Å²) in [5.41, 5.74) is 0. The number of unbranched alkanes of at least 4 members (excludes halogenated alkanes) is 20. The minimum atomic E-state index is -1.63. The highest BCUT2D eigenvalue weighted by atomic mass is 16.7. The molecule has 0 heterocycles. The molecule has 0 saturated carbocycles. The van der Waals surface area contributed by atoms with Crippen LogP contribution in [0.15, 0.2) is 97.2 Å². The summed E-state index contributed by atoms with van der Waals surface area (Å²) >= 11 is 0. The average molecular weight is 993 g/mol. The van der Waals surface area contributed by atoms with Gasteiger partial charge in [-0.1, -0.05) is 227 Å². The van der Waals surface area contributed by atoms with Gasteiger partial charge in [0.15, 0.2) is 12.4 Å². The molecule has 0 saturated heterocycles. The zero-order valence-corrected chi connectivity index (χ0v) is 46.1. The summed E-state index contributed by atoms with van der Waals surface area (Å²) in [6.07, 6.45) is 67.3. The first-order chi connectivity index (χ1) is 34.6. The fourth-order valence-corrected chi connectivity index (χ4v) is 7.49. The molecule has 0 aliphatic carbocycles. The van der Waals surface area contributed by atoms with Gasteiger partial charge in [-0.2, -0.15) is 0 Å². The van der Waals surface area contributed by atoms with Crippen LogP contribution in [0.1, 0.15) is 219 Å². The van der Waals surface area contributed by atoms with Gasteiger partial charge in [-0.25, -0.2) is 0 Å².